The molecule has 0 aliphatic carbocycles. The molecule has 0 aliphatic rings. The van der Waals surface area contributed by atoms with E-state index in [-0.39, 0.29) is 0 Å². The van der Waals surface area contributed by atoms with Crippen LogP contribution in [0.3, 0.4) is 0 Å². The molecule has 202 valence electrons. The summed E-state index contributed by atoms with van der Waals surface area (Å²) in [5.41, 5.74) is -6.57. The van der Waals surface area contributed by atoms with E-state index in [0.29, 0.717) is 26.2 Å². The van der Waals surface area contributed by atoms with Crippen LogP contribution in [0.1, 0.15) is 41.5 Å². The fourth-order valence-electron chi connectivity index (χ4n) is 3.46. The molecule has 1 N–H and O–H groups in total. The first-order valence-electron chi connectivity index (χ1n) is 11.5. The number of ether oxygens (including phenoxy) is 2. The predicted molar refractivity (Wildman–Crippen MR) is 140 cm³/mol. The zero-order chi connectivity index (χ0) is 27.7. The Kier molecular flexibility index (Phi) is 7.98. The smallest absolute Gasteiger partial charge is 0.488 e. The fourth-order valence-corrected chi connectivity index (χ4v) is 8.44. The molecular formula is C27H32F3O5S2+. The molecule has 3 aromatic carbocycles. The van der Waals surface area contributed by atoms with Crippen LogP contribution in [0.15, 0.2) is 93.5 Å². The maximum Gasteiger partial charge on any atom is 0.572 e. The van der Waals surface area contributed by atoms with E-state index in [0.717, 1.165) is 0 Å². The Hall–Kier alpha value is -2.69. The van der Waals surface area contributed by atoms with E-state index >= 15 is 0 Å². The number of alkyl halides is 3. The maximum absolute atomic E-state index is 13.7. The molecule has 0 spiro atoms. The van der Waals surface area contributed by atoms with Gasteiger partial charge in [-0.05, 0) is 102 Å². The van der Waals surface area contributed by atoms with Crippen LogP contribution in [0.4, 0.5) is 13.2 Å². The summed E-state index contributed by atoms with van der Waals surface area (Å²) in [6.45, 7) is 11.2. The molecule has 5 nitrogen and oxygen atoms in total. The minimum Gasteiger partial charge on any atom is -0.488 e. The van der Waals surface area contributed by atoms with Crippen LogP contribution in [0.25, 0.3) is 0 Å². The van der Waals surface area contributed by atoms with Gasteiger partial charge in [0.2, 0.25) is 0 Å². The molecule has 0 unspecified atom stereocenters. The molecule has 0 atom stereocenters. The second-order valence-electron chi connectivity index (χ2n) is 10.3. The number of hydrogen-bond acceptors (Lipinski definition) is 4. The van der Waals surface area contributed by atoms with Crippen molar-refractivity contribution in [1.29, 1.82) is 0 Å². The molecular weight excluding hydrogens is 525 g/mol. The number of benzene rings is 3. The topological polar surface area (TPSA) is 65.4 Å². The molecule has 0 aliphatic heterocycles. The van der Waals surface area contributed by atoms with Gasteiger partial charge in [0.15, 0.2) is 0 Å². The highest BCUT2D eigenvalue weighted by molar-refractivity contribution is 8.32. The van der Waals surface area contributed by atoms with E-state index in [1.165, 1.54) is 0 Å². The molecule has 0 aromatic heterocycles. The third-order valence-electron chi connectivity index (χ3n) is 4.76. The van der Waals surface area contributed by atoms with E-state index in [1.807, 2.05) is 41.5 Å². The second-order valence-corrected chi connectivity index (χ2v) is 14.8. The zero-order valence-corrected chi connectivity index (χ0v) is 23.2. The van der Waals surface area contributed by atoms with Crippen molar-refractivity contribution in [2.75, 3.05) is 0 Å². The van der Waals surface area contributed by atoms with Gasteiger partial charge in [-0.15, -0.1) is 8.42 Å². The molecule has 37 heavy (non-hydrogen) atoms. The quantitative estimate of drug-likeness (QED) is 0.167. The van der Waals surface area contributed by atoms with Crippen LogP contribution in [-0.2, 0) is 10.1 Å². The van der Waals surface area contributed by atoms with E-state index in [4.69, 9.17) is 9.47 Å². The summed E-state index contributed by atoms with van der Waals surface area (Å²) in [7, 11) is -9.17. The van der Waals surface area contributed by atoms with Gasteiger partial charge in [-0.1, -0.05) is 18.2 Å². The maximum atomic E-state index is 13.7. The molecule has 0 saturated carbocycles. The first-order chi connectivity index (χ1) is 16.9. The zero-order valence-electron chi connectivity index (χ0n) is 21.5. The molecule has 0 radical (unpaired) electrons. The van der Waals surface area contributed by atoms with E-state index in [1.54, 1.807) is 78.9 Å². The molecule has 0 saturated heterocycles. The average Bonchev–Trinajstić information content (AvgIpc) is 2.76. The van der Waals surface area contributed by atoms with Gasteiger partial charge in [-0.3, -0.25) is 3.63 Å². The summed E-state index contributed by atoms with van der Waals surface area (Å²) in [6.07, 6.45) is 0. The summed E-state index contributed by atoms with van der Waals surface area (Å²) in [5.74, 6) is 0.982. The highest BCUT2D eigenvalue weighted by atomic mass is 32.3. The van der Waals surface area contributed by atoms with Crippen molar-refractivity contribution in [1.82, 2.24) is 0 Å². The first-order valence-corrected chi connectivity index (χ1v) is 14.5. The van der Waals surface area contributed by atoms with Crippen LogP contribution < -0.4 is 9.47 Å². The van der Waals surface area contributed by atoms with E-state index in [2.05, 4.69) is 3.63 Å². The van der Waals surface area contributed by atoms with Crippen LogP contribution in [0, 0.1) is 0 Å². The summed E-state index contributed by atoms with van der Waals surface area (Å²) in [5, 5.41) is 0. The lowest BCUT2D eigenvalue weighted by Gasteiger charge is -2.35. The van der Waals surface area contributed by atoms with Gasteiger partial charge in [0, 0.05) is 0 Å². The Morgan fingerprint density at radius 3 is 1.27 bits per heavy atom. The normalized spacial score (nSPS) is 13.8. The van der Waals surface area contributed by atoms with Crippen molar-refractivity contribution in [3.05, 3.63) is 78.9 Å². The van der Waals surface area contributed by atoms with E-state index in [9.17, 15) is 21.6 Å². The standard InChI is InChI=1S/C27H31F3O5S2/c1-25(2,3)33-20-12-16-23(17-13-20)36(22-10-8-7-9-11-22,35-37(31,32)27(28,29)30)24-18-14-21(15-19-24)34-26(4,5)6/h7-19H,1-6H3/p+1. The molecule has 0 heterocycles. The van der Waals surface area contributed by atoms with Gasteiger partial charge in [0.05, 0.1) is 25.0 Å². The van der Waals surface area contributed by atoms with Crippen molar-refractivity contribution in [3.8, 4) is 11.5 Å². The van der Waals surface area contributed by atoms with Crippen LogP contribution in [-0.4, -0.2) is 28.8 Å². The van der Waals surface area contributed by atoms with Crippen molar-refractivity contribution in [2.45, 2.75) is 72.9 Å². The predicted octanol–water partition coefficient (Wildman–Crippen LogP) is 8.18. The lowest BCUT2D eigenvalue weighted by molar-refractivity contribution is -0.0540. The lowest BCUT2D eigenvalue weighted by atomic mass is 10.2. The van der Waals surface area contributed by atoms with Gasteiger partial charge in [-0.25, -0.2) is 0 Å². The molecule has 3 aromatic rings. The van der Waals surface area contributed by atoms with Crippen LogP contribution >= 0.6 is 10.3 Å². The molecule has 3 rings (SSSR count). The Bertz CT molecular complexity index is 1230. The minimum absolute atomic E-state index is 0.303. The average molecular weight is 558 g/mol. The molecule has 0 fully saturated rings. The van der Waals surface area contributed by atoms with Gasteiger partial charge in [0.25, 0.3) is 0 Å². The molecule has 0 amide bonds. The number of rotatable bonds is 7. The van der Waals surface area contributed by atoms with Crippen molar-refractivity contribution < 1.29 is 34.7 Å². The van der Waals surface area contributed by atoms with Crippen molar-refractivity contribution >= 4 is 20.4 Å². The summed E-state index contributed by atoms with van der Waals surface area (Å²) in [4.78, 5) is 0.936. The summed E-state index contributed by atoms with van der Waals surface area (Å²) in [6, 6.07) is 20.9. The van der Waals surface area contributed by atoms with Crippen molar-refractivity contribution in [3.63, 3.8) is 0 Å². The van der Waals surface area contributed by atoms with Crippen LogP contribution in [0.2, 0.25) is 0 Å². The third kappa shape index (κ3) is 7.00. The lowest BCUT2D eigenvalue weighted by Crippen LogP contribution is -2.30. The Morgan fingerprint density at radius 2 is 0.946 bits per heavy atom. The Balaban J connectivity index is 2.29. The number of halogens is 3. The summed E-state index contributed by atoms with van der Waals surface area (Å²) >= 11 is 0. The number of hydrogen-bond donors (Lipinski definition) is 0. The molecule has 0 bridgehead atoms. The Morgan fingerprint density at radius 1 is 0.595 bits per heavy atom. The third-order valence-corrected chi connectivity index (χ3v) is 9.89. The first kappa shape index (κ1) is 28.9. The highest BCUT2D eigenvalue weighted by Crippen LogP contribution is 2.69. The second kappa shape index (κ2) is 10.2. The van der Waals surface area contributed by atoms with Crippen LogP contribution in [0.5, 0.6) is 11.5 Å². The van der Waals surface area contributed by atoms with Gasteiger partial charge >= 0.3 is 15.6 Å². The SMILES string of the molecule is CC(C)(C)Oc1ccc(S([OH+]S(=O)(=O)C(F)(F)F)(c2ccccc2)c2ccc(OC(C)(C)C)cc2)cc1. The largest absolute Gasteiger partial charge is 0.572 e. The molecule has 10 heteroatoms. The minimum atomic E-state index is -5.88. The van der Waals surface area contributed by atoms with E-state index < -0.39 is 37.1 Å². The highest BCUT2D eigenvalue weighted by Gasteiger charge is 2.57. The van der Waals surface area contributed by atoms with Gasteiger partial charge in [-0.2, -0.15) is 13.2 Å². The van der Waals surface area contributed by atoms with Gasteiger partial charge in [0.1, 0.15) is 22.7 Å². The monoisotopic (exact) mass is 557 g/mol. The fraction of sp³-hybridized carbons (Fsp3) is 0.333. The summed E-state index contributed by atoms with van der Waals surface area (Å²) < 4.78 is 81.7. The Labute approximate surface area is 218 Å². The van der Waals surface area contributed by atoms with Crippen molar-refractivity contribution in [2.24, 2.45) is 0 Å². The van der Waals surface area contributed by atoms with Gasteiger partial charge < -0.3 is 9.47 Å².